The Labute approximate surface area is 59.9 Å². The monoisotopic (exact) mass is 138 g/mol. The van der Waals surface area contributed by atoms with Crippen LogP contribution in [0.5, 0.6) is 0 Å². The molecule has 54 valence electrons. The van der Waals surface area contributed by atoms with Crippen molar-refractivity contribution in [2.75, 3.05) is 7.11 Å². The molecule has 2 rings (SSSR count). The van der Waals surface area contributed by atoms with Gasteiger partial charge in [0.05, 0.1) is 0 Å². The zero-order chi connectivity index (χ0) is 7.14. The first-order chi connectivity index (χ1) is 4.83. The molecule has 0 radical (unpaired) electrons. The van der Waals surface area contributed by atoms with Crippen LogP contribution >= 0.6 is 0 Å². The Hall–Kier alpha value is -0.630. The highest BCUT2D eigenvalue weighted by Gasteiger charge is 2.43. The predicted octanol–water partition coefficient (Wildman–Crippen LogP) is 0.776. The lowest BCUT2D eigenvalue weighted by Crippen LogP contribution is -2.26. The number of ether oxygens (including phenoxy) is 1. The van der Waals surface area contributed by atoms with Crippen LogP contribution in [-0.4, -0.2) is 19.0 Å². The van der Waals surface area contributed by atoms with Crippen molar-refractivity contribution in [2.45, 2.75) is 12.5 Å². The van der Waals surface area contributed by atoms with E-state index in [4.69, 9.17) is 4.74 Å². The topological polar surface area (TPSA) is 26.3 Å². The smallest absolute Gasteiger partial charge is 0.162 e. The van der Waals surface area contributed by atoms with Gasteiger partial charge in [0.25, 0.3) is 0 Å². The third kappa shape index (κ3) is 0.598. The van der Waals surface area contributed by atoms with Gasteiger partial charge in [-0.1, -0.05) is 12.2 Å². The van der Waals surface area contributed by atoms with Crippen molar-refractivity contribution in [1.82, 2.24) is 0 Å². The molecule has 0 saturated heterocycles. The first kappa shape index (κ1) is 6.10. The predicted molar refractivity (Wildman–Crippen MR) is 36.5 cm³/mol. The van der Waals surface area contributed by atoms with Gasteiger partial charge in [-0.15, -0.1) is 0 Å². The molecule has 0 aliphatic heterocycles. The quantitative estimate of drug-likeness (QED) is 0.500. The summed E-state index contributed by atoms with van der Waals surface area (Å²) in [5.74, 6) is 1.16. The second-order valence-electron chi connectivity index (χ2n) is 2.95. The second kappa shape index (κ2) is 1.92. The van der Waals surface area contributed by atoms with E-state index in [0.29, 0.717) is 18.3 Å². The molecule has 1 saturated carbocycles. The molecule has 0 amide bonds. The summed E-state index contributed by atoms with van der Waals surface area (Å²) >= 11 is 0. The summed E-state index contributed by atoms with van der Waals surface area (Å²) in [5, 5.41) is 0. The van der Waals surface area contributed by atoms with Crippen molar-refractivity contribution < 1.29 is 9.53 Å². The van der Waals surface area contributed by atoms with Gasteiger partial charge in [0, 0.05) is 19.4 Å². The Kier molecular flexibility index (Phi) is 1.17. The van der Waals surface area contributed by atoms with Crippen molar-refractivity contribution in [1.29, 1.82) is 0 Å². The summed E-state index contributed by atoms with van der Waals surface area (Å²) in [5.41, 5.74) is 0. The molecule has 3 atom stereocenters. The molecule has 2 aliphatic carbocycles. The van der Waals surface area contributed by atoms with E-state index in [0.717, 1.165) is 0 Å². The minimum Gasteiger partial charge on any atom is -0.373 e. The van der Waals surface area contributed by atoms with Gasteiger partial charge in [0.15, 0.2) is 5.78 Å². The third-order valence-electron chi connectivity index (χ3n) is 2.43. The van der Waals surface area contributed by atoms with Crippen LogP contribution in [0.4, 0.5) is 0 Å². The lowest BCUT2D eigenvalue weighted by Gasteiger charge is -2.23. The Morgan fingerprint density at radius 1 is 1.60 bits per heavy atom. The van der Waals surface area contributed by atoms with Gasteiger partial charge in [-0.3, -0.25) is 4.79 Å². The molecule has 0 aromatic heterocycles. The number of allylic oxidation sites excluding steroid dienone is 1. The van der Waals surface area contributed by atoms with Crippen LogP contribution in [0, 0.1) is 11.8 Å². The average molecular weight is 138 g/mol. The van der Waals surface area contributed by atoms with E-state index in [1.54, 1.807) is 7.11 Å². The molecule has 0 unspecified atom stereocenters. The number of carbonyl (C=O) groups excluding carboxylic acids is 1. The number of ketones is 1. The third-order valence-corrected chi connectivity index (χ3v) is 2.43. The first-order valence-electron chi connectivity index (χ1n) is 3.57. The van der Waals surface area contributed by atoms with Crippen molar-refractivity contribution >= 4 is 5.78 Å². The summed E-state index contributed by atoms with van der Waals surface area (Å²) in [6.45, 7) is 0. The minimum absolute atomic E-state index is 0.130. The molecule has 0 bridgehead atoms. The maximum absolute atomic E-state index is 11.1. The molecule has 2 aliphatic rings. The zero-order valence-corrected chi connectivity index (χ0v) is 5.91. The SMILES string of the molecule is CO[C@@H]1C(=O)C[C@H]2C=C[C@H]21. The van der Waals surface area contributed by atoms with E-state index in [-0.39, 0.29) is 11.9 Å². The number of hydrogen-bond donors (Lipinski definition) is 0. The van der Waals surface area contributed by atoms with Crippen molar-refractivity contribution in [3.05, 3.63) is 12.2 Å². The van der Waals surface area contributed by atoms with Crippen molar-refractivity contribution in [2.24, 2.45) is 11.8 Å². The standard InChI is InChI=1S/C8H10O2/c1-10-8-6-3-2-5(6)4-7(8)9/h2-3,5-6,8H,4H2,1H3/t5-,6-,8+/m1/s1. The van der Waals surface area contributed by atoms with Gasteiger partial charge in [-0.05, 0) is 5.92 Å². The summed E-state index contributed by atoms with van der Waals surface area (Å²) in [7, 11) is 1.61. The number of methoxy groups -OCH3 is 1. The lowest BCUT2D eigenvalue weighted by molar-refractivity contribution is -0.126. The van der Waals surface area contributed by atoms with Crippen LogP contribution in [-0.2, 0) is 9.53 Å². The van der Waals surface area contributed by atoms with Crippen LogP contribution in [0.3, 0.4) is 0 Å². The Morgan fingerprint density at radius 3 is 2.70 bits per heavy atom. The highest BCUT2D eigenvalue weighted by molar-refractivity contribution is 5.87. The van der Waals surface area contributed by atoms with Gasteiger partial charge < -0.3 is 4.74 Å². The minimum atomic E-state index is -0.130. The summed E-state index contributed by atoms with van der Waals surface area (Å²) < 4.78 is 5.06. The maximum atomic E-state index is 11.1. The molecule has 2 heteroatoms. The fourth-order valence-electron chi connectivity index (χ4n) is 1.78. The van der Waals surface area contributed by atoms with E-state index < -0.39 is 0 Å². The molecule has 0 aromatic rings. The van der Waals surface area contributed by atoms with Crippen molar-refractivity contribution in [3.8, 4) is 0 Å². The van der Waals surface area contributed by atoms with Gasteiger partial charge in [-0.25, -0.2) is 0 Å². The Balaban J connectivity index is 2.18. The average Bonchev–Trinajstić information content (AvgIpc) is 2.09. The van der Waals surface area contributed by atoms with E-state index in [1.807, 2.05) is 0 Å². The van der Waals surface area contributed by atoms with Gasteiger partial charge in [0.1, 0.15) is 6.10 Å². The first-order valence-corrected chi connectivity index (χ1v) is 3.57. The number of carbonyl (C=O) groups is 1. The maximum Gasteiger partial charge on any atom is 0.162 e. The van der Waals surface area contributed by atoms with Gasteiger partial charge in [0.2, 0.25) is 0 Å². The number of hydrogen-bond acceptors (Lipinski definition) is 2. The highest BCUT2D eigenvalue weighted by Crippen LogP contribution is 2.39. The Bertz CT molecular complexity index is 195. The van der Waals surface area contributed by atoms with Crippen LogP contribution in [0.1, 0.15) is 6.42 Å². The number of Topliss-reactive ketones (excluding diaryl/α,β-unsaturated/α-hetero) is 1. The van der Waals surface area contributed by atoms with E-state index in [1.165, 1.54) is 0 Å². The van der Waals surface area contributed by atoms with E-state index in [9.17, 15) is 4.79 Å². The number of rotatable bonds is 1. The summed E-state index contributed by atoms with van der Waals surface area (Å²) in [6, 6.07) is 0. The molecule has 10 heavy (non-hydrogen) atoms. The molecule has 1 fully saturated rings. The van der Waals surface area contributed by atoms with Gasteiger partial charge >= 0.3 is 0 Å². The molecular formula is C8H10O2. The normalized spacial score (nSPS) is 43.3. The molecule has 0 N–H and O–H groups in total. The largest absolute Gasteiger partial charge is 0.373 e. The summed E-state index contributed by atoms with van der Waals surface area (Å²) in [4.78, 5) is 11.1. The van der Waals surface area contributed by atoms with E-state index >= 15 is 0 Å². The molecule has 2 nitrogen and oxygen atoms in total. The van der Waals surface area contributed by atoms with Gasteiger partial charge in [-0.2, -0.15) is 0 Å². The second-order valence-corrected chi connectivity index (χ2v) is 2.95. The number of fused-ring (bicyclic) bond motifs is 1. The summed E-state index contributed by atoms with van der Waals surface area (Å²) in [6.07, 6.45) is 4.74. The molecule has 0 aromatic carbocycles. The Morgan fingerprint density at radius 2 is 2.40 bits per heavy atom. The fraction of sp³-hybridized carbons (Fsp3) is 0.625. The van der Waals surface area contributed by atoms with Crippen LogP contribution in [0.15, 0.2) is 12.2 Å². The molecular weight excluding hydrogens is 128 g/mol. The zero-order valence-electron chi connectivity index (χ0n) is 5.91. The van der Waals surface area contributed by atoms with Crippen LogP contribution < -0.4 is 0 Å². The van der Waals surface area contributed by atoms with Crippen molar-refractivity contribution in [3.63, 3.8) is 0 Å². The molecule has 0 spiro atoms. The van der Waals surface area contributed by atoms with Crippen LogP contribution in [0.25, 0.3) is 0 Å². The molecule has 0 heterocycles. The fourth-order valence-corrected chi connectivity index (χ4v) is 1.78. The highest BCUT2D eigenvalue weighted by atomic mass is 16.5. The van der Waals surface area contributed by atoms with E-state index in [2.05, 4.69) is 12.2 Å². The van der Waals surface area contributed by atoms with Crippen LogP contribution in [0.2, 0.25) is 0 Å². The lowest BCUT2D eigenvalue weighted by atomic mass is 9.84.